The second-order valence-electron chi connectivity index (χ2n) is 5.06. The Bertz CT molecular complexity index is 771. The second-order valence-corrected chi connectivity index (χ2v) is 7.50. The maximum absolute atomic E-state index is 12.5. The van der Waals surface area contributed by atoms with Crippen molar-refractivity contribution in [1.82, 2.24) is 0 Å². The molecule has 0 heterocycles. The Morgan fingerprint density at radius 1 is 1.20 bits per heavy atom. The third-order valence-electron chi connectivity index (χ3n) is 3.69. The first kappa shape index (κ1) is 13.5. The quantitative estimate of drug-likeness (QED) is 0.887. The molecule has 0 fully saturated rings. The van der Waals surface area contributed by atoms with Gasteiger partial charge in [0.1, 0.15) is 0 Å². The van der Waals surface area contributed by atoms with Gasteiger partial charge in [0.05, 0.1) is 16.3 Å². The average molecular weight is 308 g/mol. The van der Waals surface area contributed by atoms with Crippen LogP contribution in [0.2, 0.25) is 5.02 Å². The van der Waals surface area contributed by atoms with E-state index in [1.165, 1.54) is 17.7 Å². The molecule has 0 radical (unpaired) electrons. The Kier molecular flexibility index (Phi) is 3.22. The summed E-state index contributed by atoms with van der Waals surface area (Å²) in [5.74, 6) is 0.154. The van der Waals surface area contributed by atoms with Crippen LogP contribution >= 0.6 is 11.6 Å². The fourth-order valence-corrected chi connectivity index (χ4v) is 4.55. The number of benzene rings is 2. The van der Waals surface area contributed by atoms with Gasteiger partial charge in [0.15, 0.2) is 9.84 Å². The van der Waals surface area contributed by atoms with Crippen LogP contribution in [0.4, 0.5) is 5.69 Å². The van der Waals surface area contributed by atoms with Crippen molar-refractivity contribution in [3.63, 3.8) is 0 Å². The number of fused-ring (bicyclic) bond motifs is 1. The molecule has 2 N–H and O–H groups in total. The third-order valence-corrected chi connectivity index (χ3v) is 5.81. The molecular weight excluding hydrogens is 294 g/mol. The lowest BCUT2D eigenvalue weighted by molar-refractivity contribution is 0.577. The maximum Gasteiger partial charge on any atom is 0.181 e. The molecule has 1 unspecified atom stereocenters. The summed E-state index contributed by atoms with van der Waals surface area (Å²) in [6.07, 6.45) is 0.808. The number of nitrogen functional groups attached to an aromatic ring is 1. The van der Waals surface area contributed by atoms with Gasteiger partial charge in [0.25, 0.3) is 0 Å². The van der Waals surface area contributed by atoms with Crippen molar-refractivity contribution in [2.75, 3.05) is 11.5 Å². The standard InChI is InChI=1S/C15H14ClNO2S/c16-12-5-6-15(14(17)8-12)20(18,19)9-11-7-10-3-1-2-4-13(10)11/h1-6,8,11H,7,9,17H2. The number of rotatable bonds is 3. The minimum absolute atomic E-state index is 0.0614. The van der Waals surface area contributed by atoms with Crippen LogP contribution in [0.3, 0.4) is 0 Å². The summed E-state index contributed by atoms with van der Waals surface area (Å²) in [5, 5.41) is 0.440. The van der Waals surface area contributed by atoms with Crippen molar-refractivity contribution in [3.05, 3.63) is 58.6 Å². The lowest BCUT2D eigenvalue weighted by Gasteiger charge is -2.29. The SMILES string of the molecule is Nc1cc(Cl)ccc1S(=O)(=O)CC1Cc2ccccc21. The minimum atomic E-state index is -3.39. The van der Waals surface area contributed by atoms with E-state index in [0.717, 1.165) is 12.0 Å². The van der Waals surface area contributed by atoms with Gasteiger partial charge in [-0.05, 0) is 35.7 Å². The summed E-state index contributed by atoms with van der Waals surface area (Å²) in [7, 11) is -3.39. The second kappa shape index (κ2) is 4.79. The molecule has 0 aromatic heterocycles. The predicted octanol–water partition coefficient (Wildman–Crippen LogP) is 3.04. The molecule has 0 aliphatic heterocycles. The van der Waals surface area contributed by atoms with E-state index in [-0.39, 0.29) is 22.3 Å². The molecule has 0 saturated heterocycles. The summed E-state index contributed by atoms with van der Waals surface area (Å²) >= 11 is 5.80. The van der Waals surface area contributed by atoms with Crippen LogP contribution < -0.4 is 5.73 Å². The molecule has 104 valence electrons. The van der Waals surface area contributed by atoms with Crippen LogP contribution in [-0.4, -0.2) is 14.2 Å². The molecule has 2 aromatic carbocycles. The molecule has 0 bridgehead atoms. The Labute approximate surface area is 123 Å². The number of halogens is 1. The molecule has 1 aliphatic carbocycles. The first-order valence-corrected chi connectivity index (χ1v) is 8.36. The molecule has 20 heavy (non-hydrogen) atoms. The molecule has 2 aromatic rings. The monoisotopic (exact) mass is 307 g/mol. The highest BCUT2D eigenvalue weighted by Gasteiger charge is 2.31. The highest BCUT2D eigenvalue weighted by atomic mass is 35.5. The lowest BCUT2D eigenvalue weighted by atomic mass is 9.79. The van der Waals surface area contributed by atoms with E-state index >= 15 is 0 Å². The van der Waals surface area contributed by atoms with Crippen molar-refractivity contribution >= 4 is 27.1 Å². The van der Waals surface area contributed by atoms with E-state index < -0.39 is 9.84 Å². The van der Waals surface area contributed by atoms with Gasteiger partial charge in [-0.3, -0.25) is 0 Å². The summed E-state index contributed by atoms with van der Waals surface area (Å²) in [6.45, 7) is 0. The zero-order valence-corrected chi connectivity index (χ0v) is 12.3. The molecule has 5 heteroatoms. The van der Waals surface area contributed by atoms with E-state index in [1.54, 1.807) is 6.07 Å². The van der Waals surface area contributed by atoms with Crippen molar-refractivity contribution < 1.29 is 8.42 Å². The zero-order valence-electron chi connectivity index (χ0n) is 10.7. The topological polar surface area (TPSA) is 60.2 Å². The predicted molar refractivity (Wildman–Crippen MR) is 80.8 cm³/mol. The first-order chi connectivity index (χ1) is 9.47. The van der Waals surface area contributed by atoms with Crippen LogP contribution in [0, 0.1) is 0 Å². The van der Waals surface area contributed by atoms with Crippen LogP contribution in [0.5, 0.6) is 0 Å². The summed E-state index contributed by atoms with van der Waals surface area (Å²) in [6, 6.07) is 12.5. The van der Waals surface area contributed by atoms with Crippen molar-refractivity contribution in [3.8, 4) is 0 Å². The van der Waals surface area contributed by atoms with E-state index in [9.17, 15) is 8.42 Å². The fourth-order valence-electron chi connectivity index (χ4n) is 2.67. The minimum Gasteiger partial charge on any atom is -0.398 e. The van der Waals surface area contributed by atoms with Gasteiger partial charge in [-0.1, -0.05) is 35.9 Å². The summed E-state index contributed by atoms with van der Waals surface area (Å²) in [5.41, 5.74) is 8.35. The van der Waals surface area contributed by atoms with Gasteiger partial charge in [-0.25, -0.2) is 8.42 Å². The maximum atomic E-state index is 12.5. The molecule has 1 atom stereocenters. The zero-order chi connectivity index (χ0) is 14.3. The average Bonchev–Trinajstić information content (AvgIpc) is 2.35. The van der Waals surface area contributed by atoms with Gasteiger partial charge in [-0.2, -0.15) is 0 Å². The Hall–Kier alpha value is -1.52. The molecule has 3 nitrogen and oxygen atoms in total. The van der Waals surface area contributed by atoms with Gasteiger partial charge in [0.2, 0.25) is 0 Å². The smallest absolute Gasteiger partial charge is 0.181 e. The van der Waals surface area contributed by atoms with E-state index in [0.29, 0.717) is 5.02 Å². The highest BCUT2D eigenvalue weighted by molar-refractivity contribution is 7.91. The van der Waals surface area contributed by atoms with E-state index in [2.05, 4.69) is 0 Å². The molecule has 3 rings (SSSR count). The van der Waals surface area contributed by atoms with Gasteiger partial charge < -0.3 is 5.73 Å². The largest absolute Gasteiger partial charge is 0.398 e. The fraction of sp³-hybridized carbons (Fsp3) is 0.200. The van der Waals surface area contributed by atoms with Crippen molar-refractivity contribution in [1.29, 1.82) is 0 Å². The molecule has 0 saturated carbocycles. The van der Waals surface area contributed by atoms with Crippen LogP contribution in [0.25, 0.3) is 0 Å². The summed E-state index contributed by atoms with van der Waals surface area (Å²) < 4.78 is 24.9. The Morgan fingerprint density at radius 2 is 1.95 bits per heavy atom. The van der Waals surface area contributed by atoms with E-state index in [1.807, 2.05) is 24.3 Å². The van der Waals surface area contributed by atoms with Crippen molar-refractivity contribution in [2.45, 2.75) is 17.2 Å². The van der Waals surface area contributed by atoms with Crippen LogP contribution in [0.1, 0.15) is 17.0 Å². The Balaban J connectivity index is 1.88. The van der Waals surface area contributed by atoms with E-state index in [4.69, 9.17) is 17.3 Å². The van der Waals surface area contributed by atoms with Crippen LogP contribution in [-0.2, 0) is 16.3 Å². The molecular formula is C15H14ClNO2S. The number of hydrogen-bond acceptors (Lipinski definition) is 3. The number of anilines is 1. The van der Waals surface area contributed by atoms with Crippen LogP contribution in [0.15, 0.2) is 47.4 Å². The third kappa shape index (κ3) is 2.30. The Morgan fingerprint density at radius 3 is 2.65 bits per heavy atom. The number of nitrogens with two attached hydrogens (primary N) is 1. The lowest BCUT2D eigenvalue weighted by Crippen LogP contribution is -2.25. The molecule has 1 aliphatic rings. The van der Waals surface area contributed by atoms with Gasteiger partial charge in [-0.15, -0.1) is 0 Å². The van der Waals surface area contributed by atoms with Gasteiger partial charge >= 0.3 is 0 Å². The number of hydrogen-bond donors (Lipinski definition) is 1. The number of sulfone groups is 1. The van der Waals surface area contributed by atoms with Gasteiger partial charge in [0, 0.05) is 10.9 Å². The first-order valence-electron chi connectivity index (χ1n) is 6.33. The normalized spacial score (nSPS) is 17.4. The highest BCUT2D eigenvalue weighted by Crippen LogP contribution is 2.37. The van der Waals surface area contributed by atoms with Crippen molar-refractivity contribution in [2.24, 2.45) is 0 Å². The summed E-state index contributed by atoms with van der Waals surface area (Å²) in [4.78, 5) is 0.172. The molecule has 0 amide bonds. The molecule has 0 spiro atoms.